The summed E-state index contributed by atoms with van der Waals surface area (Å²) >= 11 is 1.20. The van der Waals surface area contributed by atoms with E-state index in [2.05, 4.69) is 10.1 Å². The minimum absolute atomic E-state index is 0.109. The van der Waals surface area contributed by atoms with Gasteiger partial charge in [-0.1, -0.05) is 16.5 Å². The van der Waals surface area contributed by atoms with E-state index in [1.165, 1.54) is 11.3 Å². The van der Waals surface area contributed by atoms with Crippen molar-refractivity contribution in [2.24, 2.45) is 0 Å². The Kier molecular flexibility index (Phi) is 3.33. The lowest BCUT2D eigenvalue weighted by atomic mass is 10.3. The fraction of sp³-hybridized carbons (Fsp3) is 0.364. The van der Waals surface area contributed by atoms with Crippen molar-refractivity contribution in [1.82, 2.24) is 15.0 Å². The Hall–Kier alpha value is -1.89. The maximum atomic E-state index is 12.2. The Morgan fingerprint density at radius 2 is 2.28 bits per heavy atom. The molecule has 18 heavy (non-hydrogen) atoms. The summed E-state index contributed by atoms with van der Waals surface area (Å²) in [5, 5.41) is 4.26. The third-order valence-electron chi connectivity index (χ3n) is 2.43. The predicted molar refractivity (Wildman–Crippen MR) is 68.3 cm³/mol. The molecule has 0 radical (unpaired) electrons. The molecule has 0 aliphatic heterocycles. The summed E-state index contributed by atoms with van der Waals surface area (Å²) in [5.74, 6) is 0.617. The van der Waals surface area contributed by atoms with Crippen molar-refractivity contribution in [2.75, 3.05) is 12.8 Å². The summed E-state index contributed by atoms with van der Waals surface area (Å²) in [7, 11) is 1.71. The first-order chi connectivity index (χ1) is 8.47. The topological polar surface area (TPSA) is 85.2 Å². The normalized spacial score (nSPS) is 10.6. The predicted octanol–water partition coefficient (Wildman–Crippen LogP) is 1.60. The SMILES string of the molecule is Cc1cc(CN(C)C(=O)c2sc(N)nc2C)no1. The third kappa shape index (κ3) is 2.51. The van der Waals surface area contributed by atoms with Gasteiger partial charge in [0.1, 0.15) is 16.3 Å². The van der Waals surface area contributed by atoms with Gasteiger partial charge in [-0.3, -0.25) is 4.79 Å². The highest BCUT2D eigenvalue weighted by Gasteiger charge is 2.19. The molecule has 96 valence electrons. The van der Waals surface area contributed by atoms with Crippen molar-refractivity contribution >= 4 is 22.4 Å². The second-order valence-corrected chi connectivity index (χ2v) is 5.09. The molecule has 0 saturated carbocycles. The molecule has 0 saturated heterocycles. The van der Waals surface area contributed by atoms with Crippen LogP contribution in [0, 0.1) is 13.8 Å². The zero-order valence-corrected chi connectivity index (χ0v) is 11.2. The number of aryl methyl sites for hydroxylation is 2. The number of anilines is 1. The Labute approximate surface area is 108 Å². The maximum Gasteiger partial charge on any atom is 0.266 e. The van der Waals surface area contributed by atoms with Gasteiger partial charge in [0.25, 0.3) is 5.91 Å². The van der Waals surface area contributed by atoms with Crippen LogP contribution in [0.15, 0.2) is 10.6 Å². The second-order valence-electron chi connectivity index (χ2n) is 4.06. The molecular formula is C11H14N4O2S. The van der Waals surface area contributed by atoms with E-state index in [4.69, 9.17) is 10.3 Å². The Morgan fingerprint density at radius 1 is 1.56 bits per heavy atom. The molecule has 0 spiro atoms. The molecule has 2 N–H and O–H groups in total. The Balaban J connectivity index is 2.11. The van der Waals surface area contributed by atoms with Crippen LogP contribution in [-0.4, -0.2) is 28.0 Å². The summed E-state index contributed by atoms with van der Waals surface area (Å²) < 4.78 is 4.96. The zero-order valence-electron chi connectivity index (χ0n) is 10.4. The van der Waals surface area contributed by atoms with Crippen LogP contribution in [0.2, 0.25) is 0 Å². The van der Waals surface area contributed by atoms with Gasteiger partial charge >= 0.3 is 0 Å². The lowest BCUT2D eigenvalue weighted by Gasteiger charge is -2.14. The molecule has 1 amide bonds. The number of nitrogen functional groups attached to an aromatic ring is 1. The largest absolute Gasteiger partial charge is 0.375 e. The smallest absolute Gasteiger partial charge is 0.266 e. The average molecular weight is 266 g/mol. The van der Waals surface area contributed by atoms with Gasteiger partial charge in [-0.15, -0.1) is 0 Å². The number of hydrogen-bond acceptors (Lipinski definition) is 6. The van der Waals surface area contributed by atoms with E-state index >= 15 is 0 Å². The molecular weight excluding hydrogens is 252 g/mol. The molecule has 0 fully saturated rings. The quantitative estimate of drug-likeness (QED) is 0.912. The van der Waals surface area contributed by atoms with Crippen LogP contribution in [0.25, 0.3) is 0 Å². The first-order valence-electron chi connectivity index (χ1n) is 5.38. The molecule has 6 nitrogen and oxygen atoms in total. The highest BCUT2D eigenvalue weighted by Crippen LogP contribution is 2.21. The van der Waals surface area contributed by atoms with E-state index in [-0.39, 0.29) is 5.91 Å². The van der Waals surface area contributed by atoms with Crippen LogP contribution in [0.5, 0.6) is 0 Å². The fourth-order valence-corrected chi connectivity index (χ4v) is 2.42. The third-order valence-corrected chi connectivity index (χ3v) is 3.40. The van der Waals surface area contributed by atoms with Gasteiger partial charge in [-0.25, -0.2) is 4.98 Å². The molecule has 0 aliphatic carbocycles. The average Bonchev–Trinajstić information content (AvgIpc) is 2.84. The van der Waals surface area contributed by atoms with Gasteiger partial charge in [0.15, 0.2) is 5.13 Å². The molecule has 2 aromatic rings. The van der Waals surface area contributed by atoms with E-state index in [1.807, 2.05) is 6.92 Å². The maximum absolute atomic E-state index is 12.2. The summed E-state index contributed by atoms with van der Waals surface area (Å²) in [6, 6.07) is 1.80. The van der Waals surface area contributed by atoms with E-state index in [1.54, 1.807) is 24.9 Å². The molecule has 0 bridgehead atoms. The summed E-state index contributed by atoms with van der Waals surface area (Å²) in [4.78, 5) is 18.3. The molecule has 7 heteroatoms. The first kappa shape index (κ1) is 12.6. The number of amides is 1. The number of thiazole rings is 1. The standard InChI is InChI=1S/C11H14N4O2S/c1-6-4-8(14-17-6)5-15(3)10(16)9-7(2)13-11(12)18-9/h4H,5H2,1-3H3,(H2,12,13). The lowest BCUT2D eigenvalue weighted by molar-refractivity contribution is 0.0786. The zero-order chi connectivity index (χ0) is 13.3. The summed E-state index contributed by atoms with van der Waals surface area (Å²) in [5.41, 5.74) is 6.96. The monoisotopic (exact) mass is 266 g/mol. The van der Waals surface area contributed by atoms with Gasteiger partial charge in [-0.05, 0) is 13.8 Å². The summed E-state index contributed by atoms with van der Waals surface area (Å²) in [6.45, 7) is 3.98. The van der Waals surface area contributed by atoms with E-state index in [0.29, 0.717) is 22.2 Å². The first-order valence-corrected chi connectivity index (χ1v) is 6.19. The van der Waals surface area contributed by atoms with Crippen molar-refractivity contribution in [2.45, 2.75) is 20.4 Å². The van der Waals surface area contributed by atoms with Gasteiger partial charge in [0, 0.05) is 13.1 Å². The van der Waals surface area contributed by atoms with Gasteiger partial charge in [0.05, 0.1) is 12.2 Å². The Bertz CT molecular complexity index is 575. The Morgan fingerprint density at radius 3 is 2.78 bits per heavy atom. The van der Waals surface area contributed by atoms with Crippen molar-refractivity contribution in [1.29, 1.82) is 0 Å². The van der Waals surface area contributed by atoms with Crippen molar-refractivity contribution < 1.29 is 9.32 Å². The van der Waals surface area contributed by atoms with Crippen LogP contribution in [0.4, 0.5) is 5.13 Å². The number of aromatic nitrogens is 2. The number of nitrogens with zero attached hydrogens (tertiary/aromatic N) is 3. The highest BCUT2D eigenvalue weighted by molar-refractivity contribution is 7.17. The van der Waals surface area contributed by atoms with Crippen LogP contribution in [0.3, 0.4) is 0 Å². The number of hydrogen-bond donors (Lipinski definition) is 1. The van der Waals surface area contributed by atoms with Crippen LogP contribution in [0.1, 0.15) is 26.8 Å². The minimum Gasteiger partial charge on any atom is -0.375 e. The number of carbonyl (C=O) groups is 1. The molecule has 0 aromatic carbocycles. The van der Waals surface area contributed by atoms with E-state index in [0.717, 1.165) is 11.5 Å². The number of rotatable bonds is 3. The lowest BCUT2D eigenvalue weighted by Crippen LogP contribution is -2.26. The van der Waals surface area contributed by atoms with Gasteiger partial charge in [0.2, 0.25) is 0 Å². The van der Waals surface area contributed by atoms with Crippen molar-refractivity contribution in [3.8, 4) is 0 Å². The molecule has 2 heterocycles. The van der Waals surface area contributed by atoms with Crippen LogP contribution in [-0.2, 0) is 6.54 Å². The minimum atomic E-state index is -0.109. The molecule has 0 unspecified atom stereocenters. The molecule has 0 aliphatic rings. The van der Waals surface area contributed by atoms with Crippen molar-refractivity contribution in [3.05, 3.63) is 28.1 Å². The number of nitrogens with two attached hydrogens (primary N) is 1. The molecule has 2 rings (SSSR count). The van der Waals surface area contributed by atoms with E-state index < -0.39 is 0 Å². The van der Waals surface area contributed by atoms with Crippen LogP contribution < -0.4 is 5.73 Å². The van der Waals surface area contributed by atoms with Crippen molar-refractivity contribution in [3.63, 3.8) is 0 Å². The van der Waals surface area contributed by atoms with E-state index in [9.17, 15) is 4.79 Å². The van der Waals surface area contributed by atoms with Gasteiger partial charge in [-0.2, -0.15) is 0 Å². The second kappa shape index (κ2) is 4.77. The molecule has 0 atom stereocenters. The number of carbonyl (C=O) groups excluding carboxylic acids is 1. The van der Waals surface area contributed by atoms with Gasteiger partial charge < -0.3 is 15.2 Å². The van der Waals surface area contributed by atoms with Crippen LogP contribution >= 0.6 is 11.3 Å². The molecule has 2 aromatic heterocycles. The summed E-state index contributed by atoms with van der Waals surface area (Å²) in [6.07, 6.45) is 0. The highest BCUT2D eigenvalue weighted by atomic mass is 32.1. The fourth-order valence-electron chi connectivity index (χ4n) is 1.60.